The van der Waals surface area contributed by atoms with Crippen LogP contribution in [0.25, 0.3) is 0 Å². The fourth-order valence-corrected chi connectivity index (χ4v) is 2.07. The van der Waals surface area contributed by atoms with Crippen LogP contribution in [-0.4, -0.2) is 24.0 Å². The minimum absolute atomic E-state index is 0.389. The molecule has 2 rings (SSSR count). The van der Waals surface area contributed by atoms with Gasteiger partial charge in [0.1, 0.15) is 11.2 Å². The van der Waals surface area contributed by atoms with Crippen molar-refractivity contribution in [3.8, 4) is 0 Å². The van der Waals surface area contributed by atoms with E-state index in [0.717, 1.165) is 6.42 Å². The Hall–Kier alpha value is -1.78. The second kappa shape index (κ2) is 3.91. The van der Waals surface area contributed by atoms with Crippen LogP contribution >= 0.6 is 0 Å². The third-order valence-corrected chi connectivity index (χ3v) is 3.39. The van der Waals surface area contributed by atoms with E-state index in [1.807, 2.05) is 0 Å². The summed E-state index contributed by atoms with van der Waals surface area (Å²) < 4.78 is 5.32. The van der Waals surface area contributed by atoms with Crippen molar-refractivity contribution in [3.05, 3.63) is 17.9 Å². The van der Waals surface area contributed by atoms with Crippen LogP contribution in [0.4, 0.5) is 5.88 Å². The van der Waals surface area contributed by atoms with Crippen molar-refractivity contribution >= 4 is 17.8 Å². The van der Waals surface area contributed by atoms with Gasteiger partial charge in [-0.1, -0.05) is 6.42 Å². The summed E-state index contributed by atoms with van der Waals surface area (Å²) in [5.41, 5.74) is -1.24. The lowest BCUT2D eigenvalue weighted by atomic mass is 9.68. The Morgan fingerprint density at radius 3 is 2.41 bits per heavy atom. The predicted octanol–water partition coefficient (Wildman–Crippen LogP) is 1.81. The molecule has 0 unspecified atom stereocenters. The number of nitrogens with zero attached hydrogens (tertiary/aromatic N) is 1. The lowest BCUT2D eigenvalue weighted by Gasteiger charge is -2.38. The largest absolute Gasteiger partial charge is 0.480 e. The maximum Gasteiger partial charge on any atom is 0.319 e. The van der Waals surface area contributed by atoms with Gasteiger partial charge in [-0.05, 0) is 25.8 Å². The molecule has 0 bridgehead atoms. The summed E-state index contributed by atoms with van der Waals surface area (Å²) in [6, 6.07) is 3.41. The number of rotatable bonds is 3. The van der Waals surface area contributed by atoms with Crippen molar-refractivity contribution < 1.29 is 19.1 Å². The van der Waals surface area contributed by atoms with Crippen molar-refractivity contribution in [1.82, 2.24) is 0 Å². The Balaban J connectivity index is 2.22. The van der Waals surface area contributed by atoms with E-state index in [1.165, 1.54) is 4.90 Å². The lowest BCUT2D eigenvalue weighted by Crippen LogP contribution is -2.51. The van der Waals surface area contributed by atoms with E-state index < -0.39 is 17.3 Å². The molecule has 1 amide bonds. The van der Waals surface area contributed by atoms with Gasteiger partial charge in [-0.2, -0.15) is 0 Å². The number of amides is 1. The van der Waals surface area contributed by atoms with Crippen molar-refractivity contribution in [2.45, 2.75) is 26.2 Å². The van der Waals surface area contributed by atoms with E-state index in [2.05, 4.69) is 0 Å². The molecule has 92 valence electrons. The van der Waals surface area contributed by atoms with Crippen LogP contribution in [0, 0.1) is 12.3 Å². The quantitative estimate of drug-likeness (QED) is 0.814. The lowest BCUT2D eigenvalue weighted by molar-refractivity contribution is -0.160. The number of aliphatic carboxylic acids is 1. The van der Waals surface area contributed by atoms with Gasteiger partial charge in [0.05, 0.1) is 0 Å². The Bertz CT molecular complexity index is 459. The Morgan fingerprint density at radius 1 is 1.41 bits per heavy atom. The molecule has 1 fully saturated rings. The van der Waals surface area contributed by atoms with Gasteiger partial charge in [0.2, 0.25) is 11.8 Å². The summed E-state index contributed by atoms with van der Waals surface area (Å²) in [5.74, 6) is -0.355. The molecule has 1 aromatic heterocycles. The highest BCUT2D eigenvalue weighted by atomic mass is 16.4. The van der Waals surface area contributed by atoms with E-state index in [-0.39, 0.29) is 0 Å². The number of carboxylic acid groups (broad SMARTS) is 1. The highest BCUT2D eigenvalue weighted by Gasteiger charge is 2.52. The second-order valence-electron chi connectivity index (χ2n) is 4.49. The van der Waals surface area contributed by atoms with Gasteiger partial charge in [-0.15, -0.1) is 0 Å². The minimum atomic E-state index is -1.24. The molecule has 0 saturated heterocycles. The highest BCUT2D eigenvalue weighted by molar-refractivity contribution is 6.09. The fourth-order valence-electron chi connectivity index (χ4n) is 2.07. The molecule has 5 heteroatoms. The standard InChI is InChI=1S/C12H15NO4/c1-8-4-5-9(17-8)13(2)10(14)12(11(15)16)6-3-7-12/h4-5H,3,6-7H2,1-2H3,(H,15,16). The molecule has 1 N–H and O–H groups in total. The first-order valence-electron chi connectivity index (χ1n) is 5.55. The maximum atomic E-state index is 12.2. The summed E-state index contributed by atoms with van der Waals surface area (Å²) in [6.07, 6.45) is 1.60. The molecule has 0 aliphatic heterocycles. The third-order valence-electron chi connectivity index (χ3n) is 3.39. The summed E-state index contributed by atoms with van der Waals surface area (Å²) in [4.78, 5) is 24.7. The minimum Gasteiger partial charge on any atom is -0.480 e. The molecule has 1 saturated carbocycles. The number of furan rings is 1. The first-order chi connectivity index (χ1) is 7.97. The molecule has 1 aliphatic rings. The van der Waals surface area contributed by atoms with E-state index >= 15 is 0 Å². The zero-order valence-electron chi connectivity index (χ0n) is 9.90. The fraction of sp³-hybridized carbons (Fsp3) is 0.500. The first kappa shape index (κ1) is 11.7. The number of hydrogen-bond acceptors (Lipinski definition) is 3. The molecule has 17 heavy (non-hydrogen) atoms. The predicted molar refractivity (Wildman–Crippen MR) is 60.8 cm³/mol. The molecule has 0 aromatic carbocycles. The highest BCUT2D eigenvalue weighted by Crippen LogP contribution is 2.43. The molecule has 1 heterocycles. The number of carbonyl (C=O) groups is 2. The van der Waals surface area contributed by atoms with E-state index in [4.69, 9.17) is 4.42 Å². The van der Waals surface area contributed by atoms with E-state index in [1.54, 1.807) is 26.1 Å². The average molecular weight is 237 g/mol. The van der Waals surface area contributed by atoms with Crippen LogP contribution < -0.4 is 4.90 Å². The van der Waals surface area contributed by atoms with Gasteiger partial charge in [0, 0.05) is 13.1 Å². The van der Waals surface area contributed by atoms with Gasteiger partial charge < -0.3 is 9.52 Å². The summed E-state index contributed by atoms with van der Waals surface area (Å²) in [5, 5.41) is 9.18. The topological polar surface area (TPSA) is 70.8 Å². The number of carboxylic acids is 1. The number of aryl methyl sites for hydroxylation is 1. The summed E-state index contributed by atoms with van der Waals surface area (Å²) >= 11 is 0. The number of hydrogen-bond donors (Lipinski definition) is 1. The first-order valence-corrected chi connectivity index (χ1v) is 5.55. The number of anilines is 1. The van der Waals surface area contributed by atoms with Crippen molar-refractivity contribution in [1.29, 1.82) is 0 Å². The zero-order valence-corrected chi connectivity index (χ0v) is 9.90. The Morgan fingerprint density at radius 2 is 2.06 bits per heavy atom. The molecule has 5 nitrogen and oxygen atoms in total. The van der Waals surface area contributed by atoms with Gasteiger partial charge in [0.15, 0.2) is 0 Å². The SMILES string of the molecule is Cc1ccc(N(C)C(=O)C2(C(=O)O)CCC2)o1. The number of carbonyl (C=O) groups excluding carboxylic acids is 1. The van der Waals surface area contributed by atoms with Gasteiger partial charge in [-0.3, -0.25) is 14.5 Å². The average Bonchev–Trinajstić information content (AvgIpc) is 2.61. The molecule has 0 atom stereocenters. The van der Waals surface area contributed by atoms with E-state index in [0.29, 0.717) is 24.5 Å². The monoisotopic (exact) mass is 237 g/mol. The summed E-state index contributed by atoms with van der Waals surface area (Å²) in [7, 11) is 1.55. The van der Waals surface area contributed by atoms with Gasteiger partial charge in [0.25, 0.3) is 0 Å². The molecular weight excluding hydrogens is 222 g/mol. The zero-order chi connectivity index (χ0) is 12.6. The van der Waals surface area contributed by atoms with Crippen LogP contribution in [0.3, 0.4) is 0 Å². The second-order valence-corrected chi connectivity index (χ2v) is 4.49. The molecule has 1 aliphatic carbocycles. The van der Waals surface area contributed by atoms with Crippen LogP contribution in [0.2, 0.25) is 0 Å². The van der Waals surface area contributed by atoms with Crippen molar-refractivity contribution in [2.24, 2.45) is 5.41 Å². The summed E-state index contributed by atoms with van der Waals surface area (Å²) in [6.45, 7) is 1.78. The molecule has 0 spiro atoms. The van der Waals surface area contributed by atoms with Crippen LogP contribution in [0.1, 0.15) is 25.0 Å². The van der Waals surface area contributed by atoms with Crippen LogP contribution in [0.15, 0.2) is 16.5 Å². The Labute approximate surface area is 99.0 Å². The van der Waals surface area contributed by atoms with Crippen LogP contribution in [-0.2, 0) is 9.59 Å². The van der Waals surface area contributed by atoms with Crippen molar-refractivity contribution in [3.63, 3.8) is 0 Å². The normalized spacial score (nSPS) is 17.3. The smallest absolute Gasteiger partial charge is 0.319 e. The van der Waals surface area contributed by atoms with Crippen LogP contribution in [0.5, 0.6) is 0 Å². The Kier molecular flexibility index (Phi) is 2.69. The molecule has 1 aromatic rings. The van der Waals surface area contributed by atoms with E-state index in [9.17, 15) is 14.7 Å². The third kappa shape index (κ3) is 1.71. The van der Waals surface area contributed by atoms with Crippen molar-refractivity contribution in [2.75, 3.05) is 11.9 Å². The molecular formula is C12H15NO4. The maximum absolute atomic E-state index is 12.2. The van der Waals surface area contributed by atoms with Gasteiger partial charge in [-0.25, -0.2) is 0 Å². The molecule has 0 radical (unpaired) electrons. The van der Waals surface area contributed by atoms with Gasteiger partial charge >= 0.3 is 5.97 Å².